The predicted molar refractivity (Wildman–Crippen MR) is 107 cm³/mol. The third kappa shape index (κ3) is 4.39. The molecule has 2 aromatic carbocycles. The van der Waals surface area contributed by atoms with E-state index in [9.17, 15) is 4.79 Å². The van der Waals surface area contributed by atoms with E-state index in [1.165, 1.54) is 0 Å². The largest absolute Gasteiger partial charge is 0.493 e. The van der Waals surface area contributed by atoms with Crippen molar-refractivity contribution in [1.82, 2.24) is 9.97 Å². The molecule has 0 saturated carbocycles. The lowest BCUT2D eigenvalue weighted by atomic mass is 10.1. The Labute approximate surface area is 158 Å². The number of amides is 1. The second kappa shape index (κ2) is 8.58. The number of rotatable bonds is 8. The van der Waals surface area contributed by atoms with E-state index in [0.717, 1.165) is 36.1 Å². The molecule has 2 N–H and O–H groups in total. The Bertz CT molecular complexity index is 934. The molecule has 0 radical (unpaired) electrons. The topological polar surface area (TPSA) is 76.2 Å². The van der Waals surface area contributed by atoms with Crippen LogP contribution in [0, 0.1) is 0 Å². The summed E-state index contributed by atoms with van der Waals surface area (Å²) >= 11 is 0. The van der Waals surface area contributed by atoms with E-state index in [1.54, 1.807) is 25.3 Å². The SMILES string of the molecule is CCCCc1nc2ccc(NC(=O)c3ccc(OCC)c(OC)c3)cc2[nH]1. The van der Waals surface area contributed by atoms with Gasteiger partial charge in [-0.3, -0.25) is 4.79 Å². The van der Waals surface area contributed by atoms with Crippen LogP contribution in [-0.4, -0.2) is 29.6 Å². The minimum atomic E-state index is -0.207. The van der Waals surface area contributed by atoms with E-state index < -0.39 is 0 Å². The highest BCUT2D eigenvalue weighted by molar-refractivity contribution is 6.05. The summed E-state index contributed by atoms with van der Waals surface area (Å²) < 4.78 is 10.8. The Morgan fingerprint density at radius 2 is 2.00 bits per heavy atom. The van der Waals surface area contributed by atoms with Crippen LogP contribution in [0.2, 0.25) is 0 Å². The first-order chi connectivity index (χ1) is 13.1. The van der Waals surface area contributed by atoms with Gasteiger partial charge in [0.25, 0.3) is 5.91 Å². The number of methoxy groups -OCH3 is 1. The number of aromatic amines is 1. The van der Waals surface area contributed by atoms with Gasteiger partial charge in [-0.2, -0.15) is 0 Å². The van der Waals surface area contributed by atoms with Gasteiger partial charge < -0.3 is 19.8 Å². The van der Waals surface area contributed by atoms with Crippen LogP contribution in [0.25, 0.3) is 11.0 Å². The molecule has 0 aliphatic carbocycles. The molecule has 0 saturated heterocycles. The van der Waals surface area contributed by atoms with Gasteiger partial charge in [0, 0.05) is 17.7 Å². The predicted octanol–water partition coefficient (Wildman–Crippen LogP) is 4.57. The van der Waals surface area contributed by atoms with Crippen LogP contribution in [0.5, 0.6) is 11.5 Å². The number of fused-ring (bicyclic) bond motifs is 1. The number of carbonyl (C=O) groups is 1. The van der Waals surface area contributed by atoms with Crippen LogP contribution in [0.3, 0.4) is 0 Å². The number of unbranched alkanes of at least 4 members (excludes halogenated alkanes) is 1. The zero-order valence-corrected chi connectivity index (χ0v) is 16.0. The maximum Gasteiger partial charge on any atom is 0.255 e. The highest BCUT2D eigenvalue weighted by Gasteiger charge is 2.12. The van der Waals surface area contributed by atoms with Crippen LogP contribution in [0.15, 0.2) is 36.4 Å². The Morgan fingerprint density at radius 1 is 1.15 bits per heavy atom. The van der Waals surface area contributed by atoms with Gasteiger partial charge in [-0.1, -0.05) is 13.3 Å². The molecule has 6 nitrogen and oxygen atoms in total. The number of ether oxygens (including phenoxy) is 2. The van der Waals surface area contributed by atoms with Crippen LogP contribution in [0.4, 0.5) is 5.69 Å². The van der Waals surface area contributed by atoms with Crippen LogP contribution < -0.4 is 14.8 Å². The van der Waals surface area contributed by atoms with Gasteiger partial charge in [0.2, 0.25) is 0 Å². The molecule has 0 spiro atoms. The van der Waals surface area contributed by atoms with Gasteiger partial charge in [0.05, 0.1) is 24.8 Å². The molecule has 0 fully saturated rings. The summed E-state index contributed by atoms with van der Waals surface area (Å²) in [4.78, 5) is 20.5. The van der Waals surface area contributed by atoms with E-state index in [2.05, 4.69) is 22.2 Å². The van der Waals surface area contributed by atoms with Crippen LogP contribution in [0.1, 0.15) is 42.9 Å². The number of benzene rings is 2. The standard InChI is InChI=1S/C21H25N3O3/c1-4-6-7-20-23-16-10-9-15(13-17(16)24-20)22-21(25)14-8-11-18(27-5-2)19(12-14)26-3/h8-13H,4-7H2,1-3H3,(H,22,25)(H,23,24). The van der Waals surface area contributed by atoms with E-state index in [-0.39, 0.29) is 5.91 Å². The lowest BCUT2D eigenvalue weighted by molar-refractivity contribution is 0.102. The minimum absolute atomic E-state index is 0.207. The summed E-state index contributed by atoms with van der Waals surface area (Å²) in [6.45, 7) is 4.60. The number of hydrogen-bond acceptors (Lipinski definition) is 4. The number of hydrogen-bond donors (Lipinski definition) is 2. The number of carbonyl (C=O) groups excluding carboxylic acids is 1. The van der Waals surface area contributed by atoms with Crippen molar-refractivity contribution in [2.45, 2.75) is 33.1 Å². The first-order valence-electron chi connectivity index (χ1n) is 9.25. The molecule has 0 atom stereocenters. The van der Waals surface area contributed by atoms with Gasteiger partial charge in [0.15, 0.2) is 11.5 Å². The molecule has 3 rings (SSSR count). The minimum Gasteiger partial charge on any atom is -0.493 e. The zero-order valence-electron chi connectivity index (χ0n) is 16.0. The fourth-order valence-electron chi connectivity index (χ4n) is 2.89. The second-order valence-electron chi connectivity index (χ2n) is 6.27. The molecule has 0 bridgehead atoms. The molecule has 0 unspecified atom stereocenters. The quantitative estimate of drug-likeness (QED) is 0.612. The number of nitrogens with zero attached hydrogens (tertiary/aromatic N) is 1. The molecular formula is C21H25N3O3. The molecule has 1 amide bonds. The highest BCUT2D eigenvalue weighted by Crippen LogP contribution is 2.28. The third-order valence-electron chi connectivity index (χ3n) is 4.28. The summed E-state index contributed by atoms with van der Waals surface area (Å²) in [6.07, 6.45) is 3.16. The summed E-state index contributed by atoms with van der Waals surface area (Å²) in [5, 5.41) is 2.92. The van der Waals surface area contributed by atoms with Crippen molar-refractivity contribution in [1.29, 1.82) is 0 Å². The number of imidazole rings is 1. The molecular weight excluding hydrogens is 342 g/mol. The molecule has 3 aromatic rings. The van der Waals surface area contributed by atoms with E-state index in [1.807, 2.05) is 25.1 Å². The average Bonchev–Trinajstić information content (AvgIpc) is 3.09. The molecule has 1 heterocycles. The Kier molecular flexibility index (Phi) is 5.96. The smallest absolute Gasteiger partial charge is 0.255 e. The summed E-state index contributed by atoms with van der Waals surface area (Å²) in [5.74, 6) is 1.93. The lowest BCUT2D eigenvalue weighted by Gasteiger charge is -2.11. The molecule has 6 heteroatoms. The highest BCUT2D eigenvalue weighted by atomic mass is 16.5. The van der Waals surface area contributed by atoms with E-state index in [4.69, 9.17) is 9.47 Å². The van der Waals surface area contributed by atoms with Crippen LogP contribution in [-0.2, 0) is 6.42 Å². The zero-order chi connectivity index (χ0) is 19.2. The first kappa shape index (κ1) is 18.8. The lowest BCUT2D eigenvalue weighted by Crippen LogP contribution is -2.12. The van der Waals surface area contributed by atoms with Crippen molar-refractivity contribution in [3.63, 3.8) is 0 Å². The van der Waals surface area contributed by atoms with Gasteiger partial charge in [-0.15, -0.1) is 0 Å². The summed E-state index contributed by atoms with van der Waals surface area (Å²) in [5.41, 5.74) is 3.04. The fraction of sp³-hybridized carbons (Fsp3) is 0.333. The van der Waals surface area contributed by atoms with Gasteiger partial charge in [-0.25, -0.2) is 4.98 Å². The molecule has 0 aliphatic rings. The number of H-pyrrole nitrogens is 1. The molecule has 142 valence electrons. The fourth-order valence-corrected chi connectivity index (χ4v) is 2.89. The van der Waals surface area contributed by atoms with Crippen molar-refractivity contribution in [2.75, 3.05) is 19.0 Å². The van der Waals surface area contributed by atoms with E-state index >= 15 is 0 Å². The number of aromatic nitrogens is 2. The maximum atomic E-state index is 12.6. The Balaban J connectivity index is 1.77. The van der Waals surface area contributed by atoms with Crippen LogP contribution >= 0.6 is 0 Å². The van der Waals surface area contributed by atoms with Gasteiger partial charge in [-0.05, 0) is 49.7 Å². The monoisotopic (exact) mass is 367 g/mol. The first-order valence-corrected chi connectivity index (χ1v) is 9.25. The number of nitrogens with one attached hydrogen (secondary N) is 2. The molecule has 27 heavy (non-hydrogen) atoms. The molecule has 0 aliphatic heterocycles. The summed E-state index contributed by atoms with van der Waals surface area (Å²) in [7, 11) is 1.56. The van der Waals surface area contributed by atoms with Crippen molar-refractivity contribution in [3.8, 4) is 11.5 Å². The van der Waals surface area contributed by atoms with E-state index in [0.29, 0.717) is 29.4 Å². The van der Waals surface area contributed by atoms with Crippen molar-refractivity contribution < 1.29 is 14.3 Å². The Morgan fingerprint density at radius 3 is 2.74 bits per heavy atom. The van der Waals surface area contributed by atoms with Crippen molar-refractivity contribution in [2.24, 2.45) is 0 Å². The number of anilines is 1. The maximum absolute atomic E-state index is 12.6. The van der Waals surface area contributed by atoms with Gasteiger partial charge >= 0.3 is 0 Å². The number of aryl methyl sites for hydroxylation is 1. The van der Waals surface area contributed by atoms with Gasteiger partial charge in [0.1, 0.15) is 5.82 Å². The second-order valence-corrected chi connectivity index (χ2v) is 6.27. The van der Waals surface area contributed by atoms with Crippen molar-refractivity contribution >= 4 is 22.6 Å². The normalized spacial score (nSPS) is 10.8. The Hall–Kier alpha value is -3.02. The average molecular weight is 367 g/mol. The van der Waals surface area contributed by atoms with Crippen molar-refractivity contribution in [3.05, 3.63) is 47.8 Å². The summed E-state index contributed by atoms with van der Waals surface area (Å²) in [6, 6.07) is 10.8. The third-order valence-corrected chi connectivity index (χ3v) is 4.28. The molecule has 1 aromatic heterocycles.